The van der Waals surface area contributed by atoms with Crippen LogP contribution in [0.2, 0.25) is 0 Å². The maximum Gasteiger partial charge on any atom is 0.407 e. The van der Waals surface area contributed by atoms with Crippen molar-refractivity contribution in [2.75, 3.05) is 13.2 Å². The Hall–Kier alpha value is -3.35. The second-order valence-electron chi connectivity index (χ2n) is 10.6. The lowest BCUT2D eigenvalue weighted by atomic mass is 9.71. The highest BCUT2D eigenvalue weighted by atomic mass is 16.5. The van der Waals surface area contributed by atoms with E-state index in [-0.39, 0.29) is 35.6 Å². The lowest BCUT2D eigenvalue weighted by molar-refractivity contribution is -0.139. The fraction of sp³-hybridized carbons (Fsp3) is 0.464. The zero-order valence-corrected chi connectivity index (χ0v) is 19.5. The quantitative estimate of drug-likeness (QED) is 0.567. The number of rotatable bonds is 7. The standard InChI is InChI=1S/C28H30N2O5/c31-26(29-13-17-11-23(17)27(32)33)16-9-15-12-25(22(15)10-16)30-28(34)35-14-24-20-7-3-1-5-18(20)19-6-2-4-8-21(19)24/h1-8,15-17,22-25H,9-14H2,(H,29,31)(H,30,34)(H,32,33)/t15-,16?,17-,22-,23-,25+/m1/s1. The molecule has 4 aliphatic rings. The highest BCUT2D eigenvalue weighted by Gasteiger charge is 2.50. The molecule has 7 nitrogen and oxygen atoms in total. The molecule has 7 heteroatoms. The minimum Gasteiger partial charge on any atom is -0.481 e. The summed E-state index contributed by atoms with van der Waals surface area (Å²) >= 11 is 0. The van der Waals surface area contributed by atoms with E-state index in [2.05, 4.69) is 34.9 Å². The minimum atomic E-state index is -0.773. The van der Waals surface area contributed by atoms with Crippen LogP contribution in [0.5, 0.6) is 0 Å². The summed E-state index contributed by atoms with van der Waals surface area (Å²) in [4.78, 5) is 36.2. The Morgan fingerprint density at radius 1 is 0.914 bits per heavy atom. The van der Waals surface area contributed by atoms with E-state index >= 15 is 0 Å². The molecule has 0 bridgehead atoms. The molecule has 2 aromatic carbocycles. The topological polar surface area (TPSA) is 105 Å². The number of carboxylic acid groups (broad SMARTS) is 1. The minimum absolute atomic E-state index is 0.0235. The Kier molecular flexibility index (Phi) is 5.50. The lowest BCUT2D eigenvalue weighted by Gasteiger charge is -2.40. The SMILES string of the molecule is O=C(N[C@H]1C[C@H]2CC(C(=O)NC[C@H]3C[C@H]3C(=O)O)C[C@H]21)OCC1c2ccccc2-c2ccccc21. The van der Waals surface area contributed by atoms with Crippen LogP contribution in [0.1, 0.15) is 42.7 Å². The Morgan fingerprint density at radius 3 is 2.26 bits per heavy atom. The van der Waals surface area contributed by atoms with Gasteiger partial charge in [0.05, 0.1) is 5.92 Å². The molecule has 2 amide bonds. The van der Waals surface area contributed by atoms with Gasteiger partial charge in [0.15, 0.2) is 0 Å². The van der Waals surface area contributed by atoms with Crippen molar-refractivity contribution in [3.8, 4) is 11.1 Å². The van der Waals surface area contributed by atoms with Gasteiger partial charge in [-0.1, -0.05) is 48.5 Å². The number of carboxylic acids is 1. The third kappa shape index (κ3) is 4.07. The van der Waals surface area contributed by atoms with Crippen LogP contribution in [0.15, 0.2) is 48.5 Å². The Bertz CT molecular complexity index is 1130. The molecule has 0 heterocycles. The molecule has 3 saturated carbocycles. The normalized spacial score (nSPS) is 29.8. The van der Waals surface area contributed by atoms with Crippen LogP contribution in [0.3, 0.4) is 0 Å². The molecule has 0 spiro atoms. The molecular formula is C28H30N2O5. The predicted molar refractivity (Wildman–Crippen MR) is 129 cm³/mol. The van der Waals surface area contributed by atoms with Gasteiger partial charge in [0, 0.05) is 24.4 Å². The van der Waals surface area contributed by atoms with Gasteiger partial charge in [0.25, 0.3) is 0 Å². The van der Waals surface area contributed by atoms with Crippen molar-refractivity contribution in [3.63, 3.8) is 0 Å². The average Bonchev–Trinajstić information content (AvgIpc) is 3.47. The molecule has 0 radical (unpaired) electrons. The maximum atomic E-state index is 12.6. The summed E-state index contributed by atoms with van der Waals surface area (Å²) in [5.74, 6) is -0.245. The zero-order valence-electron chi connectivity index (χ0n) is 19.5. The number of carbonyl (C=O) groups is 3. The Labute approximate surface area is 204 Å². The summed E-state index contributed by atoms with van der Waals surface area (Å²) in [6.45, 7) is 0.743. The molecule has 182 valence electrons. The van der Waals surface area contributed by atoms with Crippen LogP contribution >= 0.6 is 0 Å². The summed E-state index contributed by atoms with van der Waals surface area (Å²) in [7, 11) is 0. The third-order valence-electron chi connectivity index (χ3n) is 8.62. The van der Waals surface area contributed by atoms with Crippen molar-refractivity contribution < 1.29 is 24.2 Å². The third-order valence-corrected chi connectivity index (χ3v) is 8.62. The van der Waals surface area contributed by atoms with E-state index in [0.717, 1.165) is 19.3 Å². The highest BCUT2D eigenvalue weighted by molar-refractivity contribution is 5.80. The number of hydrogen-bond donors (Lipinski definition) is 3. The van der Waals surface area contributed by atoms with Crippen LogP contribution in [0.4, 0.5) is 4.79 Å². The number of carbonyl (C=O) groups excluding carboxylic acids is 2. The van der Waals surface area contributed by atoms with Gasteiger partial charge in [-0.3, -0.25) is 9.59 Å². The molecule has 0 saturated heterocycles. The molecule has 6 atom stereocenters. The lowest BCUT2D eigenvalue weighted by Crippen LogP contribution is -2.50. The number of nitrogens with one attached hydrogen (secondary N) is 2. The van der Waals surface area contributed by atoms with Gasteiger partial charge >= 0.3 is 12.1 Å². The van der Waals surface area contributed by atoms with Crippen LogP contribution < -0.4 is 10.6 Å². The van der Waals surface area contributed by atoms with Gasteiger partial charge in [0.2, 0.25) is 5.91 Å². The first kappa shape index (κ1) is 22.1. The number of benzene rings is 2. The van der Waals surface area contributed by atoms with Crippen molar-refractivity contribution in [2.45, 2.75) is 37.6 Å². The Morgan fingerprint density at radius 2 is 1.60 bits per heavy atom. The average molecular weight is 475 g/mol. The number of ether oxygens (including phenoxy) is 1. The zero-order chi connectivity index (χ0) is 24.1. The van der Waals surface area contributed by atoms with Crippen LogP contribution in [0, 0.1) is 29.6 Å². The molecule has 0 aromatic heterocycles. The van der Waals surface area contributed by atoms with Gasteiger partial charge < -0.3 is 20.5 Å². The van der Waals surface area contributed by atoms with Crippen molar-refractivity contribution in [3.05, 3.63) is 59.7 Å². The highest BCUT2D eigenvalue weighted by Crippen LogP contribution is 2.50. The van der Waals surface area contributed by atoms with E-state index in [4.69, 9.17) is 9.84 Å². The number of aliphatic carboxylic acids is 1. The van der Waals surface area contributed by atoms with Gasteiger partial charge in [-0.25, -0.2) is 4.79 Å². The van der Waals surface area contributed by atoms with Crippen molar-refractivity contribution in [1.29, 1.82) is 0 Å². The molecule has 3 fully saturated rings. The van der Waals surface area contributed by atoms with E-state index < -0.39 is 12.1 Å². The van der Waals surface area contributed by atoms with E-state index in [1.807, 2.05) is 24.3 Å². The predicted octanol–water partition coefficient (Wildman–Crippen LogP) is 3.78. The van der Waals surface area contributed by atoms with Gasteiger partial charge in [0.1, 0.15) is 6.61 Å². The first-order valence-corrected chi connectivity index (χ1v) is 12.6. The number of fused-ring (bicyclic) bond motifs is 4. The van der Waals surface area contributed by atoms with Crippen LogP contribution in [-0.4, -0.2) is 42.3 Å². The van der Waals surface area contributed by atoms with Gasteiger partial charge in [-0.2, -0.15) is 0 Å². The second kappa shape index (κ2) is 8.70. The monoisotopic (exact) mass is 474 g/mol. The summed E-state index contributed by atoms with van der Waals surface area (Å²) in [6, 6.07) is 16.6. The summed E-state index contributed by atoms with van der Waals surface area (Å²) in [5.41, 5.74) is 4.79. The molecule has 0 aliphatic heterocycles. The molecule has 6 rings (SSSR count). The molecule has 3 N–H and O–H groups in total. The summed E-state index contributed by atoms with van der Waals surface area (Å²) in [5, 5.41) is 15.0. The molecule has 2 aromatic rings. The summed E-state index contributed by atoms with van der Waals surface area (Å²) in [6.07, 6.45) is 2.74. The molecule has 1 unspecified atom stereocenters. The number of alkyl carbamates (subject to hydrolysis) is 1. The van der Waals surface area contributed by atoms with Crippen molar-refractivity contribution >= 4 is 18.0 Å². The fourth-order valence-electron chi connectivity index (χ4n) is 6.55. The van der Waals surface area contributed by atoms with Gasteiger partial charge in [-0.15, -0.1) is 0 Å². The van der Waals surface area contributed by atoms with E-state index in [1.165, 1.54) is 22.3 Å². The van der Waals surface area contributed by atoms with Crippen LogP contribution in [-0.2, 0) is 14.3 Å². The molecule has 4 aliphatic carbocycles. The Balaban J connectivity index is 0.985. The van der Waals surface area contributed by atoms with E-state index in [1.54, 1.807) is 0 Å². The van der Waals surface area contributed by atoms with Crippen molar-refractivity contribution in [1.82, 2.24) is 10.6 Å². The fourth-order valence-corrected chi connectivity index (χ4v) is 6.55. The maximum absolute atomic E-state index is 12.6. The van der Waals surface area contributed by atoms with E-state index in [0.29, 0.717) is 31.4 Å². The molecular weight excluding hydrogens is 444 g/mol. The molecule has 35 heavy (non-hydrogen) atoms. The largest absolute Gasteiger partial charge is 0.481 e. The van der Waals surface area contributed by atoms with Crippen LogP contribution in [0.25, 0.3) is 11.1 Å². The first-order valence-electron chi connectivity index (χ1n) is 12.6. The number of hydrogen-bond acceptors (Lipinski definition) is 4. The smallest absolute Gasteiger partial charge is 0.407 e. The first-order chi connectivity index (χ1) is 17.0. The number of amides is 2. The van der Waals surface area contributed by atoms with Gasteiger partial charge in [-0.05, 0) is 65.7 Å². The summed E-state index contributed by atoms with van der Waals surface area (Å²) < 4.78 is 5.69. The second-order valence-corrected chi connectivity index (χ2v) is 10.6. The van der Waals surface area contributed by atoms with E-state index in [9.17, 15) is 14.4 Å². The van der Waals surface area contributed by atoms with Crippen molar-refractivity contribution in [2.24, 2.45) is 29.6 Å².